The molecule has 0 N–H and O–H groups in total. The number of halogens is 1. The first-order chi connectivity index (χ1) is 7.04. The van der Waals surface area contributed by atoms with Gasteiger partial charge in [-0.15, -0.1) is 0 Å². The highest BCUT2D eigenvalue weighted by Crippen LogP contribution is 2.16. The minimum atomic E-state index is 0.0845. The number of rotatable bonds is 3. The molecule has 1 aromatic carbocycles. The fourth-order valence-electron chi connectivity index (χ4n) is 1.52. The summed E-state index contributed by atoms with van der Waals surface area (Å²) in [5.41, 5.74) is 1.84. The first kappa shape index (κ1) is 12.2. The Balaban J connectivity index is 2.90. The standard InChI is InChI=1S/C12H16BrNO/c1-4-5-14(3)12(15)10-6-9(2)7-11(13)8-10/h6-8H,4-5H2,1-3H3. The van der Waals surface area contributed by atoms with Crippen LogP contribution < -0.4 is 0 Å². The number of nitrogens with zero attached hydrogens (tertiary/aromatic N) is 1. The molecule has 15 heavy (non-hydrogen) atoms. The molecule has 1 rings (SSSR count). The number of carbonyl (C=O) groups is 1. The summed E-state index contributed by atoms with van der Waals surface area (Å²) in [4.78, 5) is 13.7. The second-order valence-electron chi connectivity index (χ2n) is 3.74. The highest BCUT2D eigenvalue weighted by Gasteiger charge is 2.11. The summed E-state index contributed by atoms with van der Waals surface area (Å²) >= 11 is 3.40. The van der Waals surface area contributed by atoms with Crippen molar-refractivity contribution in [1.29, 1.82) is 0 Å². The lowest BCUT2D eigenvalue weighted by Gasteiger charge is -2.16. The van der Waals surface area contributed by atoms with Crippen LogP contribution in [0.3, 0.4) is 0 Å². The lowest BCUT2D eigenvalue weighted by molar-refractivity contribution is 0.0795. The number of hydrogen-bond acceptors (Lipinski definition) is 1. The average molecular weight is 270 g/mol. The maximum absolute atomic E-state index is 11.9. The number of benzene rings is 1. The minimum absolute atomic E-state index is 0.0845. The fourth-order valence-corrected chi connectivity index (χ4v) is 2.12. The zero-order chi connectivity index (χ0) is 11.4. The molecule has 0 fully saturated rings. The first-order valence-corrected chi connectivity index (χ1v) is 5.86. The van der Waals surface area contributed by atoms with Crippen LogP contribution in [0.15, 0.2) is 22.7 Å². The van der Waals surface area contributed by atoms with Crippen LogP contribution in [-0.4, -0.2) is 24.4 Å². The van der Waals surface area contributed by atoms with Gasteiger partial charge in [-0.2, -0.15) is 0 Å². The van der Waals surface area contributed by atoms with E-state index in [1.807, 2.05) is 32.2 Å². The normalized spacial score (nSPS) is 10.1. The van der Waals surface area contributed by atoms with Gasteiger partial charge in [0.2, 0.25) is 0 Å². The lowest BCUT2D eigenvalue weighted by Crippen LogP contribution is -2.27. The van der Waals surface area contributed by atoms with Gasteiger partial charge in [0.25, 0.3) is 5.91 Å². The predicted octanol–water partition coefficient (Wildman–Crippen LogP) is 3.24. The topological polar surface area (TPSA) is 20.3 Å². The van der Waals surface area contributed by atoms with Crippen LogP contribution in [0.1, 0.15) is 29.3 Å². The third-order valence-electron chi connectivity index (χ3n) is 2.19. The van der Waals surface area contributed by atoms with E-state index >= 15 is 0 Å². The third-order valence-corrected chi connectivity index (χ3v) is 2.65. The molecule has 0 aliphatic carbocycles. The Morgan fingerprint density at radius 3 is 2.60 bits per heavy atom. The van der Waals surface area contributed by atoms with Gasteiger partial charge in [-0.05, 0) is 37.1 Å². The summed E-state index contributed by atoms with van der Waals surface area (Å²) in [6.45, 7) is 4.85. The van der Waals surface area contributed by atoms with Gasteiger partial charge in [-0.3, -0.25) is 4.79 Å². The molecule has 0 heterocycles. The molecule has 1 amide bonds. The van der Waals surface area contributed by atoms with Gasteiger partial charge in [-0.25, -0.2) is 0 Å². The smallest absolute Gasteiger partial charge is 0.253 e. The van der Waals surface area contributed by atoms with Crippen molar-refractivity contribution in [2.24, 2.45) is 0 Å². The monoisotopic (exact) mass is 269 g/mol. The third kappa shape index (κ3) is 3.34. The summed E-state index contributed by atoms with van der Waals surface area (Å²) in [5, 5.41) is 0. The van der Waals surface area contributed by atoms with E-state index in [0.717, 1.165) is 28.6 Å². The molecule has 2 nitrogen and oxygen atoms in total. The van der Waals surface area contributed by atoms with Crippen LogP contribution in [0.2, 0.25) is 0 Å². The molecule has 1 aromatic rings. The summed E-state index contributed by atoms with van der Waals surface area (Å²) in [5.74, 6) is 0.0845. The van der Waals surface area contributed by atoms with E-state index < -0.39 is 0 Å². The average Bonchev–Trinajstić information content (AvgIpc) is 2.15. The molecule has 0 saturated carbocycles. The lowest BCUT2D eigenvalue weighted by atomic mass is 10.1. The Labute approximate surface area is 99.4 Å². The molecular formula is C12H16BrNO. The SMILES string of the molecule is CCCN(C)C(=O)c1cc(C)cc(Br)c1. The molecule has 0 atom stereocenters. The van der Waals surface area contributed by atoms with Crippen molar-refractivity contribution < 1.29 is 4.79 Å². The van der Waals surface area contributed by atoms with E-state index in [0.29, 0.717) is 0 Å². The predicted molar refractivity (Wildman–Crippen MR) is 66.1 cm³/mol. The maximum Gasteiger partial charge on any atom is 0.253 e. The van der Waals surface area contributed by atoms with E-state index in [1.54, 1.807) is 4.90 Å². The zero-order valence-electron chi connectivity index (χ0n) is 9.38. The van der Waals surface area contributed by atoms with Gasteiger partial charge >= 0.3 is 0 Å². The van der Waals surface area contributed by atoms with Crippen LogP contribution in [0.5, 0.6) is 0 Å². The molecule has 82 valence electrons. The van der Waals surface area contributed by atoms with Gasteiger partial charge in [0, 0.05) is 23.6 Å². The second-order valence-corrected chi connectivity index (χ2v) is 4.66. The number of hydrogen-bond donors (Lipinski definition) is 0. The molecule has 0 aromatic heterocycles. The summed E-state index contributed by atoms with van der Waals surface area (Å²) < 4.78 is 0.954. The molecule has 0 spiro atoms. The van der Waals surface area contributed by atoms with Crippen LogP contribution in [0.4, 0.5) is 0 Å². The van der Waals surface area contributed by atoms with E-state index in [4.69, 9.17) is 0 Å². The van der Waals surface area contributed by atoms with Crippen molar-refractivity contribution in [3.05, 3.63) is 33.8 Å². The van der Waals surface area contributed by atoms with Gasteiger partial charge in [0.05, 0.1) is 0 Å². The number of carbonyl (C=O) groups excluding carboxylic acids is 1. The van der Waals surface area contributed by atoms with Crippen molar-refractivity contribution in [1.82, 2.24) is 4.90 Å². The van der Waals surface area contributed by atoms with Crippen LogP contribution in [-0.2, 0) is 0 Å². The molecule has 0 aliphatic rings. The van der Waals surface area contributed by atoms with Crippen LogP contribution in [0, 0.1) is 6.92 Å². The zero-order valence-corrected chi connectivity index (χ0v) is 11.0. The summed E-state index contributed by atoms with van der Waals surface area (Å²) in [7, 11) is 1.84. The van der Waals surface area contributed by atoms with Crippen molar-refractivity contribution in [3.63, 3.8) is 0 Å². The van der Waals surface area contributed by atoms with Crippen molar-refractivity contribution in [3.8, 4) is 0 Å². The Hall–Kier alpha value is -0.830. The van der Waals surface area contributed by atoms with Crippen LogP contribution in [0.25, 0.3) is 0 Å². The summed E-state index contributed by atoms with van der Waals surface area (Å²) in [6, 6.07) is 5.78. The van der Waals surface area contributed by atoms with E-state index in [-0.39, 0.29) is 5.91 Å². The number of aryl methyl sites for hydroxylation is 1. The summed E-state index contributed by atoms with van der Waals surface area (Å²) in [6.07, 6.45) is 0.981. The Bertz CT molecular complexity index is 342. The fraction of sp³-hybridized carbons (Fsp3) is 0.417. The van der Waals surface area contributed by atoms with E-state index in [1.165, 1.54) is 0 Å². The highest BCUT2D eigenvalue weighted by molar-refractivity contribution is 9.10. The van der Waals surface area contributed by atoms with Gasteiger partial charge in [0.15, 0.2) is 0 Å². The van der Waals surface area contributed by atoms with Crippen LogP contribution >= 0.6 is 15.9 Å². The maximum atomic E-state index is 11.9. The van der Waals surface area contributed by atoms with Gasteiger partial charge in [-0.1, -0.05) is 22.9 Å². The van der Waals surface area contributed by atoms with Gasteiger partial charge < -0.3 is 4.90 Å². The van der Waals surface area contributed by atoms with Crippen molar-refractivity contribution in [2.45, 2.75) is 20.3 Å². The minimum Gasteiger partial charge on any atom is -0.342 e. The Morgan fingerprint density at radius 1 is 1.40 bits per heavy atom. The molecular weight excluding hydrogens is 254 g/mol. The second kappa shape index (κ2) is 5.31. The van der Waals surface area contributed by atoms with Crippen molar-refractivity contribution >= 4 is 21.8 Å². The molecule has 0 saturated heterocycles. The largest absolute Gasteiger partial charge is 0.342 e. The van der Waals surface area contributed by atoms with E-state index in [9.17, 15) is 4.79 Å². The molecule has 0 bridgehead atoms. The Kier molecular flexibility index (Phi) is 4.33. The van der Waals surface area contributed by atoms with E-state index in [2.05, 4.69) is 22.9 Å². The molecule has 0 unspecified atom stereocenters. The molecule has 3 heteroatoms. The van der Waals surface area contributed by atoms with Gasteiger partial charge in [0.1, 0.15) is 0 Å². The number of amides is 1. The highest BCUT2D eigenvalue weighted by atomic mass is 79.9. The molecule has 0 aliphatic heterocycles. The first-order valence-electron chi connectivity index (χ1n) is 5.07. The Morgan fingerprint density at radius 2 is 2.07 bits per heavy atom. The molecule has 0 radical (unpaired) electrons. The quantitative estimate of drug-likeness (QED) is 0.825. The van der Waals surface area contributed by atoms with Crippen molar-refractivity contribution in [2.75, 3.05) is 13.6 Å².